The van der Waals surface area contributed by atoms with E-state index in [2.05, 4.69) is 16.8 Å². The van der Waals surface area contributed by atoms with E-state index in [1.165, 1.54) is 7.11 Å². The molecule has 2 unspecified atom stereocenters. The molecule has 2 aromatic heterocycles. The maximum atomic E-state index is 15.7. The molecular weight excluding hydrogens is 632 g/mol. The molecule has 17 heteroatoms. The summed E-state index contributed by atoms with van der Waals surface area (Å²) in [4.78, 5) is 14.4. The van der Waals surface area contributed by atoms with Crippen LogP contribution in [0.1, 0.15) is 40.9 Å². The van der Waals surface area contributed by atoms with Crippen molar-refractivity contribution in [1.29, 1.82) is 5.26 Å². The highest BCUT2D eigenvalue weighted by molar-refractivity contribution is 5.98. The van der Waals surface area contributed by atoms with Gasteiger partial charge in [-0.05, 0) is 30.5 Å². The Bertz CT molecular complexity index is 1760. The smallest absolute Gasteiger partial charge is 0.428 e. The second-order valence-electron chi connectivity index (χ2n) is 10.7. The molecule has 1 aliphatic carbocycles. The standard InChI is InChI=1S/C29H24F8N6O3/c1-4-16-7-8-27(31,29(35,36)37)22-21(46-23(16)30)24(41(2)40-22)43-13-18(12-39-43)17-5-6-20(28(32,33)34)19(11-17)25(44)42(15-45-3)26(14-38)9-10-26/h4-7,11-13,23H,1,8-10,15H2,2-3H3. The van der Waals surface area contributed by atoms with E-state index in [1.807, 2.05) is 6.07 Å². The number of hydrogen-bond donors (Lipinski definition) is 0. The molecule has 9 nitrogen and oxygen atoms in total. The summed E-state index contributed by atoms with van der Waals surface area (Å²) in [6, 6.07) is 4.59. The second-order valence-corrected chi connectivity index (χ2v) is 10.7. The number of alkyl halides is 8. The number of nitriles is 1. The minimum Gasteiger partial charge on any atom is -0.450 e. The Kier molecular flexibility index (Phi) is 8.00. The summed E-state index contributed by atoms with van der Waals surface area (Å²) in [5.41, 5.74) is -9.13. The van der Waals surface area contributed by atoms with E-state index in [4.69, 9.17) is 9.47 Å². The summed E-state index contributed by atoms with van der Waals surface area (Å²) >= 11 is 0. The van der Waals surface area contributed by atoms with E-state index in [0.29, 0.717) is 12.1 Å². The summed E-state index contributed by atoms with van der Waals surface area (Å²) in [5, 5.41) is 17.3. The average Bonchev–Trinajstić information content (AvgIpc) is 3.51. The molecule has 3 heterocycles. The van der Waals surface area contributed by atoms with Crippen LogP contribution >= 0.6 is 0 Å². The normalized spacial score (nSPS) is 20.8. The van der Waals surface area contributed by atoms with Crippen LogP contribution in [-0.4, -0.2) is 62.3 Å². The lowest BCUT2D eigenvalue weighted by Crippen LogP contribution is -2.43. The van der Waals surface area contributed by atoms with Crippen LogP contribution in [0.4, 0.5) is 35.1 Å². The van der Waals surface area contributed by atoms with Crippen molar-refractivity contribution in [3.63, 3.8) is 0 Å². The predicted octanol–water partition coefficient (Wildman–Crippen LogP) is 6.31. The van der Waals surface area contributed by atoms with Crippen LogP contribution in [0.15, 0.2) is 54.9 Å². The van der Waals surface area contributed by atoms with Crippen LogP contribution in [-0.2, 0) is 23.6 Å². The molecule has 2 atom stereocenters. The largest absolute Gasteiger partial charge is 0.450 e. The van der Waals surface area contributed by atoms with Gasteiger partial charge in [0.25, 0.3) is 17.9 Å². The zero-order valence-electron chi connectivity index (χ0n) is 24.1. The number of allylic oxidation sites excluding steroid dienone is 1. The number of rotatable bonds is 7. The zero-order chi connectivity index (χ0) is 33.8. The van der Waals surface area contributed by atoms with Crippen molar-refractivity contribution in [2.24, 2.45) is 7.05 Å². The second kappa shape index (κ2) is 11.3. The molecule has 0 spiro atoms. The highest BCUT2D eigenvalue weighted by Gasteiger charge is 2.61. The number of carbonyl (C=O) groups is 1. The summed E-state index contributed by atoms with van der Waals surface area (Å²) in [5.74, 6) is -2.46. The Balaban J connectivity index is 1.61. The van der Waals surface area contributed by atoms with Gasteiger partial charge in [0.1, 0.15) is 12.3 Å². The monoisotopic (exact) mass is 656 g/mol. The van der Waals surface area contributed by atoms with Gasteiger partial charge in [-0.1, -0.05) is 24.8 Å². The van der Waals surface area contributed by atoms with Gasteiger partial charge in [-0.15, -0.1) is 0 Å². The molecule has 5 rings (SSSR count). The number of methoxy groups -OCH3 is 1. The zero-order valence-corrected chi connectivity index (χ0v) is 24.1. The highest BCUT2D eigenvalue weighted by Crippen LogP contribution is 2.51. The van der Waals surface area contributed by atoms with Gasteiger partial charge in [0.2, 0.25) is 0 Å². The van der Waals surface area contributed by atoms with Crippen LogP contribution in [0.5, 0.6) is 5.75 Å². The van der Waals surface area contributed by atoms with Crippen LogP contribution in [0.3, 0.4) is 0 Å². The Hall–Kier alpha value is -4.72. The Labute approximate surface area is 255 Å². The molecule has 244 valence electrons. The first kappa shape index (κ1) is 32.7. The molecule has 1 aromatic carbocycles. The number of amides is 1. The first-order chi connectivity index (χ1) is 21.5. The Morgan fingerprint density at radius 1 is 1.26 bits per heavy atom. The van der Waals surface area contributed by atoms with E-state index in [1.54, 1.807) is 0 Å². The highest BCUT2D eigenvalue weighted by atomic mass is 19.4. The van der Waals surface area contributed by atoms with Crippen molar-refractivity contribution >= 4 is 5.91 Å². The lowest BCUT2D eigenvalue weighted by molar-refractivity contribution is -0.237. The van der Waals surface area contributed by atoms with Gasteiger partial charge in [-0.3, -0.25) is 9.69 Å². The molecule has 1 amide bonds. The molecule has 1 fully saturated rings. The van der Waals surface area contributed by atoms with Gasteiger partial charge in [0, 0.05) is 37.9 Å². The molecule has 46 heavy (non-hydrogen) atoms. The van der Waals surface area contributed by atoms with Gasteiger partial charge in [-0.2, -0.15) is 46.2 Å². The lowest BCUT2D eigenvalue weighted by Gasteiger charge is -2.28. The molecule has 0 bridgehead atoms. The third-order valence-corrected chi connectivity index (χ3v) is 7.78. The minimum absolute atomic E-state index is 0.0168. The third-order valence-electron chi connectivity index (χ3n) is 7.78. The van der Waals surface area contributed by atoms with E-state index < -0.39 is 82.9 Å². The van der Waals surface area contributed by atoms with E-state index >= 15 is 4.39 Å². The van der Waals surface area contributed by atoms with Crippen molar-refractivity contribution in [3.05, 3.63) is 71.7 Å². The summed E-state index contributed by atoms with van der Waals surface area (Å²) in [7, 11) is 2.36. The first-order valence-electron chi connectivity index (χ1n) is 13.5. The average molecular weight is 657 g/mol. The number of hydrogen-bond acceptors (Lipinski definition) is 6. The maximum Gasteiger partial charge on any atom is 0.428 e. The molecule has 2 aliphatic rings. The van der Waals surface area contributed by atoms with Crippen LogP contribution in [0.25, 0.3) is 16.9 Å². The van der Waals surface area contributed by atoms with E-state index in [0.717, 1.165) is 51.9 Å². The van der Waals surface area contributed by atoms with Crippen molar-refractivity contribution in [2.45, 2.75) is 49.2 Å². The minimum atomic E-state index is -5.50. The quantitative estimate of drug-likeness (QED) is 0.219. The van der Waals surface area contributed by atoms with Gasteiger partial charge in [-0.25, -0.2) is 13.8 Å². The molecule has 3 aromatic rings. The fourth-order valence-corrected chi connectivity index (χ4v) is 5.11. The number of benzene rings is 1. The lowest BCUT2D eigenvalue weighted by atomic mass is 9.93. The number of nitrogens with zero attached hydrogens (tertiary/aromatic N) is 6. The summed E-state index contributed by atoms with van der Waals surface area (Å²) in [6.45, 7) is 2.87. The number of fused-ring (bicyclic) bond motifs is 1. The molecular formula is C29H24F8N6O3. The summed E-state index contributed by atoms with van der Waals surface area (Å²) in [6.07, 6.45) is -9.85. The topological polar surface area (TPSA) is 98.2 Å². The van der Waals surface area contributed by atoms with Crippen LogP contribution < -0.4 is 4.74 Å². The fourth-order valence-electron chi connectivity index (χ4n) is 5.11. The number of aryl methyl sites for hydroxylation is 1. The predicted molar refractivity (Wildman–Crippen MR) is 144 cm³/mol. The van der Waals surface area contributed by atoms with Gasteiger partial charge in [0.15, 0.2) is 17.3 Å². The van der Waals surface area contributed by atoms with E-state index in [-0.39, 0.29) is 24.0 Å². The maximum absolute atomic E-state index is 15.7. The van der Waals surface area contributed by atoms with E-state index in [9.17, 15) is 40.8 Å². The first-order valence-corrected chi connectivity index (χ1v) is 13.5. The fraction of sp³-hybridized carbons (Fsp3) is 0.379. The van der Waals surface area contributed by atoms with Crippen molar-refractivity contribution in [2.75, 3.05) is 13.8 Å². The van der Waals surface area contributed by atoms with Crippen LogP contribution in [0.2, 0.25) is 0 Å². The van der Waals surface area contributed by atoms with Gasteiger partial charge < -0.3 is 9.47 Å². The SMILES string of the molecule is C=CC1=CCC(F)(C(F)(F)F)c2nn(C)c(-n3cc(-c4ccc(C(F)(F)F)c(C(=O)N(COC)C5(C#N)CC5)c4)cn3)c2OC1F. The molecule has 1 aliphatic heterocycles. The third kappa shape index (κ3) is 5.40. The molecule has 0 saturated heterocycles. The summed E-state index contributed by atoms with van der Waals surface area (Å²) < 4.78 is 127. The van der Waals surface area contributed by atoms with Gasteiger partial charge >= 0.3 is 12.4 Å². The van der Waals surface area contributed by atoms with Crippen molar-refractivity contribution in [3.8, 4) is 28.8 Å². The Morgan fingerprint density at radius 2 is 1.96 bits per heavy atom. The number of halogens is 8. The molecule has 1 saturated carbocycles. The van der Waals surface area contributed by atoms with Crippen LogP contribution in [0, 0.1) is 11.3 Å². The van der Waals surface area contributed by atoms with Crippen molar-refractivity contribution < 1.29 is 49.4 Å². The molecule has 0 radical (unpaired) electrons. The Morgan fingerprint density at radius 3 is 2.52 bits per heavy atom. The number of carbonyl (C=O) groups excluding carboxylic acids is 1. The number of aromatic nitrogens is 4. The van der Waals surface area contributed by atoms with Crippen molar-refractivity contribution in [1.82, 2.24) is 24.5 Å². The van der Waals surface area contributed by atoms with Gasteiger partial charge in [0.05, 0.1) is 23.4 Å². The molecule has 0 N–H and O–H groups in total. The number of ether oxygens (including phenoxy) is 2.